The van der Waals surface area contributed by atoms with Gasteiger partial charge in [0.1, 0.15) is 11.9 Å². The lowest BCUT2D eigenvalue weighted by Gasteiger charge is -2.38. The normalized spacial score (nSPS) is 14.2. The number of anilines is 3. The molecule has 0 radical (unpaired) electrons. The minimum Gasteiger partial charge on any atom is -0.369 e. The Kier molecular flexibility index (Phi) is 8.82. The second-order valence-corrected chi connectivity index (χ2v) is 11.5. The second-order valence-electron chi connectivity index (χ2n) is 11.5. The van der Waals surface area contributed by atoms with Crippen LogP contribution in [0.5, 0.6) is 0 Å². The zero-order chi connectivity index (χ0) is 28.0. The Labute approximate surface area is 232 Å². The zero-order valence-electron chi connectivity index (χ0n) is 23.7. The van der Waals surface area contributed by atoms with E-state index in [2.05, 4.69) is 76.7 Å². The Morgan fingerprint density at radius 3 is 2.44 bits per heavy atom. The molecular weight excluding hydrogens is 486 g/mol. The number of hydrogen-bond donors (Lipinski definition) is 1. The van der Waals surface area contributed by atoms with Crippen LogP contribution in [-0.4, -0.2) is 59.5 Å². The van der Waals surface area contributed by atoms with E-state index in [0.717, 1.165) is 43.1 Å². The van der Waals surface area contributed by atoms with Crippen molar-refractivity contribution in [2.45, 2.75) is 47.2 Å². The van der Waals surface area contributed by atoms with Crippen LogP contribution in [-0.2, 0) is 6.54 Å². The van der Waals surface area contributed by atoms with E-state index in [9.17, 15) is 10.1 Å². The first-order valence-corrected chi connectivity index (χ1v) is 13.6. The minimum atomic E-state index is -0.157. The number of aromatic nitrogens is 2. The first-order chi connectivity index (χ1) is 18.6. The fraction of sp³-hybridized carbons (Fsp3) is 0.419. The Hall–Kier alpha value is -3.96. The molecule has 0 aliphatic carbocycles. The maximum absolute atomic E-state index is 13.3. The van der Waals surface area contributed by atoms with Crippen LogP contribution in [0.3, 0.4) is 0 Å². The molecule has 1 saturated heterocycles. The number of nitrogens with zero attached hydrogens (tertiary/aromatic N) is 6. The minimum absolute atomic E-state index is 0.0464. The molecule has 8 heteroatoms. The van der Waals surface area contributed by atoms with Gasteiger partial charge in [-0.25, -0.2) is 9.97 Å². The van der Waals surface area contributed by atoms with Gasteiger partial charge in [-0.3, -0.25) is 9.69 Å². The van der Waals surface area contributed by atoms with Gasteiger partial charge < -0.3 is 15.1 Å². The van der Waals surface area contributed by atoms with Crippen molar-refractivity contribution in [1.82, 2.24) is 20.2 Å². The largest absolute Gasteiger partial charge is 0.369 e. The Balaban J connectivity index is 1.54. The Morgan fingerprint density at radius 1 is 1.08 bits per heavy atom. The molecule has 0 spiro atoms. The summed E-state index contributed by atoms with van der Waals surface area (Å²) in [5.74, 6) is 0.565. The van der Waals surface area contributed by atoms with E-state index < -0.39 is 0 Å². The van der Waals surface area contributed by atoms with E-state index in [-0.39, 0.29) is 23.7 Å². The predicted molar refractivity (Wildman–Crippen MR) is 156 cm³/mol. The molecule has 39 heavy (non-hydrogen) atoms. The van der Waals surface area contributed by atoms with Gasteiger partial charge in [-0.15, -0.1) is 0 Å². The number of benzene rings is 2. The van der Waals surface area contributed by atoms with E-state index in [1.807, 2.05) is 48.5 Å². The highest BCUT2D eigenvalue weighted by Gasteiger charge is 2.24. The third kappa shape index (κ3) is 7.33. The molecule has 1 N–H and O–H groups in total. The number of hydrogen-bond acceptors (Lipinski definition) is 7. The molecule has 0 unspecified atom stereocenters. The smallest absolute Gasteiger partial charge is 0.251 e. The van der Waals surface area contributed by atoms with Crippen LogP contribution in [0, 0.1) is 16.7 Å². The molecule has 0 atom stereocenters. The van der Waals surface area contributed by atoms with Crippen LogP contribution in [0.25, 0.3) is 0 Å². The van der Waals surface area contributed by atoms with Crippen molar-refractivity contribution >= 4 is 23.1 Å². The molecule has 1 fully saturated rings. The summed E-state index contributed by atoms with van der Waals surface area (Å²) in [5.41, 5.74) is 3.34. The molecule has 1 aliphatic rings. The van der Waals surface area contributed by atoms with Gasteiger partial charge in [-0.2, -0.15) is 5.26 Å². The number of carbonyl (C=O) groups is 1. The molecule has 2 aromatic carbocycles. The number of nitrogens with one attached hydrogen (secondary N) is 1. The van der Waals surface area contributed by atoms with Crippen LogP contribution in [0.2, 0.25) is 0 Å². The van der Waals surface area contributed by atoms with Gasteiger partial charge in [0.05, 0.1) is 0 Å². The summed E-state index contributed by atoms with van der Waals surface area (Å²) in [4.78, 5) is 29.0. The SMILES string of the molecule is CC(C)N1CCN(c2cccc(C(=O)NCc3cnc(C#N)nc3N(CC(C)(C)C)c3ccccc3)c2)CC1. The molecular formula is C31H39N7O. The van der Waals surface area contributed by atoms with E-state index in [1.165, 1.54) is 0 Å². The van der Waals surface area contributed by atoms with Gasteiger partial charge in [0.2, 0.25) is 5.82 Å². The van der Waals surface area contributed by atoms with E-state index in [1.54, 1.807) is 6.20 Å². The number of piperazine rings is 1. The Morgan fingerprint density at radius 2 is 1.79 bits per heavy atom. The standard InChI is InChI=1S/C31H39N7O/c1-23(2)36-14-16-37(17-15-36)27-13-9-10-24(18-27)30(39)34-21-25-20-33-28(19-32)35-29(25)38(22-31(3,4)5)26-11-7-6-8-12-26/h6-13,18,20,23H,14-17,21-22H2,1-5H3,(H,34,39). The van der Waals surface area contributed by atoms with Gasteiger partial charge >= 0.3 is 0 Å². The molecule has 0 saturated carbocycles. The third-order valence-electron chi connectivity index (χ3n) is 6.86. The molecule has 4 rings (SSSR count). The zero-order valence-corrected chi connectivity index (χ0v) is 23.7. The van der Waals surface area contributed by atoms with Crippen LogP contribution in [0.1, 0.15) is 56.4 Å². The molecule has 1 aromatic heterocycles. The fourth-order valence-corrected chi connectivity index (χ4v) is 4.80. The van der Waals surface area contributed by atoms with Crippen LogP contribution in [0.4, 0.5) is 17.2 Å². The monoisotopic (exact) mass is 525 g/mol. The quantitative estimate of drug-likeness (QED) is 0.443. The highest BCUT2D eigenvalue weighted by molar-refractivity contribution is 5.95. The molecule has 204 valence electrons. The van der Waals surface area contributed by atoms with Crippen molar-refractivity contribution in [3.63, 3.8) is 0 Å². The van der Waals surface area contributed by atoms with Crippen molar-refractivity contribution in [3.8, 4) is 6.07 Å². The summed E-state index contributed by atoms with van der Waals surface area (Å²) in [7, 11) is 0. The van der Waals surface area contributed by atoms with Crippen molar-refractivity contribution in [2.75, 3.05) is 42.5 Å². The first kappa shape index (κ1) is 28.1. The number of nitriles is 1. The number of para-hydroxylation sites is 1. The fourth-order valence-electron chi connectivity index (χ4n) is 4.80. The van der Waals surface area contributed by atoms with Gasteiger partial charge in [0, 0.05) is 74.0 Å². The first-order valence-electron chi connectivity index (χ1n) is 13.6. The number of carbonyl (C=O) groups excluding carboxylic acids is 1. The summed E-state index contributed by atoms with van der Waals surface area (Å²) in [6.45, 7) is 15.8. The number of amides is 1. The lowest BCUT2D eigenvalue weighted by molar-refractivity contribution is 0.0951. The summed E-state index contributed by atoms with van der Waals surface area (Å²) in [6, 6.07) is 20.4. The van der Waals surface area contributed by atoms with Gasteiger partial charge in [0.25, 0.3) is 5.91 Å². The predicted octanol–water partition coefficient (Wildman–Crippen LogP) is 4.99. The van der Waals surface area contributed by atoms with E-state index in [0.29, 0.717) is 24.0 Å². The van der Waals surface area contributed by atoms with Crippen molar-refractivity contribution in [1.29, 1.82) is 5.26 Å². The highest BCUT2D eigenvalue weighted by Crippen LogP contribution is 2.31. The van der Waals surface area contributed by atoms with E-state index >= 15 is 0 Å². The molecule has 3 aromatic rings. The average Bonchev–Trinajstić information content (AvgIpc) is 2.94. The van der Waals surface area contributed by atoms with Crippen LogP contribution in [0.15, 0.2) is 60.8 Å². The maximum atomic E-state index is 13.3. The molecule has 8 nitrogen and oxygen atoms in total. The van der Waals surface area contributed by atoms with Crippen LogP contribution >= 0.6 is 0 Å². The van der Waals surface area contributed by atoms with Crippen molar-refractivity contribution in [2.24, 2.45) is 5.41 Å². The summed E-state index contributed by atoms with van der Waals surface area (Å²) >= 11 is 0. The second kappa shape index (κ2) is 12.3. The lowest BCUT2D eigenvalue weighted by Crippen LogP contribution is -2.48. The molecule has 0 bridgehead atoms. The van der Waals surface area contributed by atoms with Crippen molar-refractivity contribution < 1.29 is 4.79 Å². The summed E-state index contributed by atoms with van der Waals surface area (Å²) in [6.07, 6.45) is 1.64. The van der Waals surface area contributed by atoms with E-state index in [4.69, 9.17) is 0 Å². The Bertz CT molecular complexity index is 1300. The lowest BCUT2D eigenvalue weighted by atomic mass is 9.95. The average molecular weight is 526 g/mol. The topological polar surface area (TPSA) is 88.4 Å². The number of rotatable bonds is 8. The summed E-state index contributed by atoms with van der Waals surface area (Å²) in [5, 5.41) is 12.6. The molecule has 1 amide bonds. The summed E-state index contributed by atoms with van der Waals surface area (Å²) < 4.78 is 0. The highest BCUT2D eigenvalue weighted by atomic mass is 16.1. The molecule has 2 heterocycles. The third-order valence-corrected chi connectivity index (χ3v) is 6.86. The van der Waals surface area contributed by atoms with Crippen LogP contribution < -0.4 is 15.1 Å². The van der Waals surface area contributed by atoms with Gasteiger partial charge in [0.15, 0.2) is 0 Å². The molecule has 1 aliphatic heterocycles. The van der Waals surface area contributed by atoms with Gasteiger partial charge in [-0.05, 0) is 49.6 Å². The van der Waals surface area contributed by atoms with Gasteiger partial charge in [-0.1, -0.05) is 45.0 Å². The maximum Gasteiger partial charge on any atom is 0.251 e. The van der Waals surface area contributed by atoms with Crippen molar-refractivity contribution in [3.05, 3.63) is 77.7 Å².